The van der Waals surface area contributed by atoms with Crippen molar-refractivity contribution in [2.24, 2.45) is 5.14 Å². The minimum Gasteiger partial charge on any atom is -0.482 e. The van der Waals surface area contributed by atoms with Crippen LogP contribution < -0.4 is 15.2 Å². The van der Waals surface area contributed by atoms with E-state index in [4.69, 9.17) is 26.2 Å². The number of sulfonamides is 1. The highest BCUT2D eigenvalue weighted by Crippen LogP contribution is 2.26. The van der Waals surface area contributed by atoms with Crippen molar-refractivity contribution in [1.29, 1.82) is 0 Å². The van der Waals surface area contributed by atoms with Crippen molar-refractivity contribution in [3.63, 3.8) is 0 Å². The Labute approximate surface area is 122 Å². The van der Waals surface area contributed by atoms with Crippen LogP contribution >= 0.6 is 11.6 Å². The normalized spacial score (nSPS) is 11.2. The molecule has 112 valence electrons. The zero-order chi connectivity index (χ0) is 15.2. The molecular weight excluding hydrogens is 308 g/mol. The summed E-state index contributed by atoms with van der Waals surface area (Å²) in [7, 11) is -2.30. The zero-order valence-electron chi connectivity index (χ0n) is 10.8. The van der Waals surface area contributed by atoms with Gasteiger partial charge < -0.3 is 14.8 Å². The molecule has 0 atom stereocenters. The van der Waals surface area contributed by atoms with Gasteiger partial charge in [-0.1, -0.05) is 11.6 Å². The highest BCUT2D eigenvalue weighted by Gasteiger charge is 2.12. The number of nitrogens with one attached hydrogen (secondary N) is 1. The van der Waals surface area contributed by atoms with E-state index in [0.29, 0.717) is 13.2 Å². The number of carbonyl (C=O) groups excluding carboxylic acids is 1. The molecule has 0 spiro atoms. The Balaban J connectivity index is 2.59. The predicted molar refractivity (Wildman–Crippen MR) is 73.2 cm³/mol. The van der Waals surface area contributed by atoms with Gasteiger partial charge in [-0.25, -0.2) is 13.6 Å². The average Bonchev–Trinajstić information content (AvgIpc) is 2.36. The molecule has 0 aliphatic heterocycles. The lowest BCUT2D eigenvalue weighted by Crippen LogP contribution is -2.31. The number of hydrogen-bond donors (Lipinski definition) is 2. The van der Waals surface area contributed by atoms with Gasteiger partial charge in [-0.2, -0.15) is 0 Å². The summed E-state index contributed by atoms with van der Waals surface area (Å²) in [6.07, 6.45) is 0. The lowest BCUT2D eigenvalue weighted by Gasteiger charge is -2.09. The second-order valence-corrected chi connectivity index (χ2v) is 5.74. The van der Waals surface area contributed by atoms with Crippen LogP contribution in [0.1, 0.15) is 0 Å². The van der Waals surface area contributed by atoms with Crippen molar-refractivity contribution in [3.05, 3.63) is 23.2 Å². The Morgan fingerprint density at radius 3 is 2.70 bits per heavy atom. The Morgan fingerprint density at radius 2 is 2.15 bits per heavy atom. The zero-order valence-corrected chi connectivity index (χ0v) is 12.3. The van der Waals surface area contributed by atoms with Crippen molar-refractivity contribution in [1.82, 2.24) is 5.32 Å². The molecule has 1 aromatic carbocycles. The number of nitrogens with two attached hydrogens (primary N) is 1. The van der Waals surface area contributed by atoms with Crippen LogP contribution in [0.3, 0.4) is 0 Å². The van der Waals surface area contributed by atoms with E-state index < -0.39 is 10.0 Å². The molecule has 9 heteroatoms. The summed E-state index contributed by atoms with van der Waals surface area (Å²) in [5.74, 6) is -0.144. The second-order valence-electron chi connectivity index (χ2n) is 3.77. The fourth-order valence-corrected chi connectivity index (χ4v) is 2.10. The first-order valence-corrected chi connectivity index (χ1v) is 7.48. The Bertz CT molecular complexity index is 576. The van der Waals surface area contributed by atoms with Crippen molar-refractivity contribution < 1.29 is 22.7 Å². The summed E-state index contributed by atoms with van der Waals surface area (Å²) >= 11 is 5.85. The number of rotatable bonds is 7. The Kier molecular flexibility index (Phi) is 6.21. The van der Waals surface area contributed by atoms with E-state index in [1.165, 1.54) is 19.2 Å². The van der Waals surface area contributed by atoms with Gasteiger partial charge in [0, 0.05) is 13.7 Å². The van der Waals surface area contributed by atoms with Crippen LogP contribution in [0.2, 0.25) is 5.02 Å². The lowest BCUT2D eigenvalue weighted by molar-refractivity contribution is -0.123. The van der Waals surface area contributed by atoms with Crippen molar-refractivity contribution in [2.75, 3.05) is 26.9 Å². The number of carbonyl (C=O) groups is 1. The summed E-state index contributed by atoms with van der Waals surface area (Å²) < 4.78 is 32.2. The molecule has 3 N–H and O–H groups in total. The van der Waals surface area contributed by atoms with Gasteiger partial charge in [0.25, 0.3) is 5.91 Å². The molecule has 0 radical (unpaired) electrons. The fourth-order valence-electron chi connectivity index (χ4n) is 1.26. The van der Waals surface area contributed by atoms with E-state index in [2.05, 4.69) is 5.32 Å². The molecule has 0 aromatic heterocycles. The van der Waals surface area contributed by atoms with E-state index in [1.54, 1.807) is 0 Å². The van der Waals surface area contributed by atoms with E-state index >= 15 is 0 Å². The molecule has 1 aromatic rings. The number of hydrogen-bond acceptors (Lipinski definition) is 5. The lowest BCUT2D eigenvalue weighted by atomic mass is 10.3. The van der Waals surface area contributed by atoms with Gasteiger partial charge in [0.1, 0.15) is 5.75 Å². The van der Waals surface area contributed by atoms with Gasteiger partial charge in [0.2, 0.25) is 10.0 Å². The van der Waals surface area contributed by atoms with Crippen LogP contribution in [0.5, 0.6) is 5.75 Å². The predicted octanol–water partition coefficient (Wildman–Crippen LogP) is 0.129. The minimum absolute atomic E-state index is 0.0567. The van der Waals surface area contributed by atoms with Crippen LogP contribution in [0.4, 0.5) is 0 Å². The number of ether oxygens (including phenoxy) is 2. The summed E-state index contributed by atoms with van der Waals surface area (Å²) in [6, 6.07) is 3.75. The van der Waals surface area contributed by atoms with Crippen molar-refractivity contribution in [3.8, 4) is 5.75 Å². The molecule has 0 fully saturated rings. The largest absolute Gasteiger partial charge is 0.482 e. The van der Waals surface area contributed by atoms with E-state index in [1.807, 2.05) is 0 Å². The summed E-state index contributed by atoms with van der Waals surface area (Å²) in [5, 5.41) is 7.58. The molecule has 0 heterocycles. The third-order valence-corrected chi connectivity index (χ3v) is 3.43. The average molecular weight is 323 g/mol. The molecule has 1 amide bonds. The number of amides is 1. The van der Waals surface area contributed by atoms with Gasteiger partial charge >= 0.3 is 0 Å². The molecule has 0 saturated carbocycles. The molecule has 20 heavy (non-hydrogen) atoms. The van der Waals surface area contributed by atoms with Crippen molar-refractivity contribution in [2.45, 2.75) is 4.90 Å². The summed E-state index contributed by atoms with van der Waals surface area (Å²) in [6.45, 7) is 0.532. The SMILES string of the molecule is COCCNC(=O)COc1ccc(S(N)(=O)=O)cc1Cl. The van der Waals surface area contributed by atoms with Gasteiger partial charge in [0.15, 0.2) is 6.61 Å². The monoisotopic (exact) mass is 322 g/mol. The molecule has 7 nitrogen and oxygen atoms in total. The molecular formula is C11H15ClN2O5S. The van der Waals surface area contributed by atoms with Crippen LogP contribution in [0.25, 0.3) is 0 Å². The number of benzene rings is 1. The van der Waals surface area contributed by atoms with Crippen LogP contribution in [-0.4, -0.2) is 41.2 Å². The topological polar surface area (TPSA) is 108 Å². The molecule has 0 bridgehead atoms. The summed E-state index contributed by atoms with van der Waals surface area (Å²) in [4.78, 5) is 11.3. The first-order chi connectivity index (χ1) is 9.34. The van der Waals surface area contributed by atoms with Crippen LogP contribution in [0.15, 0.2) is 23.1 Å². The van der Waals surface area contributed by atoms with Gasteiger partial charge in [-0.15, -0.1) is 0 Å². The summed E-state index contributed by atoms with van der Waals surface area (Å²) in [5.41, 5.74) is 0. The highest BCUT2D eigenvalue weighted by atomic mass is 35.5. The Morgan fingerprint density at radius 1 is 1.45 bits per heavy atom. The molecule has 0 aliphatic carbocycles. The Hall–Kier alpha value is -1.35. The first-order valence-electron chi connectivity index (χ1n) is 5.55. The maximum atomic E-state index is 11.4. The van der Waals surface area contributed by atoms with E-state index in [-0.39, 0.29) is 28.2 Å². The smallest absolute Gasteiger partial charge is 0.258 e. The number of primary sulfonamides is 1. The number of halogens is 1. The molecule has 0 unspecified atom stereocenters. The molecule has 0 aliphatic rings. The van der Waals surface area contributed by atoms with Gasteiger partial charge in [-0.3, -0.25) is 4.79 Å². The highest BCUT2D eigenvalue weighted by molar-refractivity contribution is 7.89. The molecule has 1 rings (SSSR count). The minimum atomic E-state index is -3.82. The van der Waals surface area contributed by atoms with E-state index in [9.17, 15) is 13.2 Å². The van der Waals surface area contributed by atoms with Crippen molar-refractivity contribution >= 4 is 27.5 Å². The second kappa shape index (κ2) is 7.44. The van der Waals surface area contributed by atoms with Gasteiger partial charge in [-0.05, 0) is 18.2 Å². The first kappa shape index (κ1) is 16.7. The third kappa shape index (κ3) is 5.33. The van der Waals surface area contributed by atoms with E-state index in [0.717, 1.165) is 6.07 Å². The third-order valence-electron chi connectivity index (χ3n) is 2.22. The maximum absolute atomic E-state index is 11.4. The number of methoxy groups -OCH3 is 1. The quantitative estimate of drug-likeness (QED) is 0.694. The standard InChI is InChI=1S/C11H15ClN2O5S/c1-18-5-4-14-11(15)7-19-10-3-2-8(6-9(10)12)20(13,16)17/h2-3,6H,4-5,7H2,1H3,(H,14,15)(H2,13,16,17). The fraction of sp³-hybridized carbons (Fsp3) is 0.364. The maximum Gasteiger partial charge on any atom is 0.258 e. The molecule has 0 saturated heterocycles. The van der Waals surface area contributed by atoms with Gasteiger partial charge in [0.05, 0.1) is 16.5 Å². The van der Waals surface area contributed by atoms with Crippen LogP contribution in [-0.2, 0) is 19.6 Å². The van der Waals surface area contributed by atoms with Crippen LogP contribution in [0, 0.1) is 0 Å².